The van der Waals surface area contributed by atoms with Crippen molar-refractivity contribution in [2.24, 2.45) is 0 Å². The zero-order chi connectivity index (χ0) is 19.2. The molecular formula is C22H27N3O2. The standard InChI is InChI=1S/C22H27N3O2/c1-18(19-9-5-3-6-10-19)23(2)21(26)17-24-13-15-25(16-14-24)22(27)20-11-7-4-8-12-20/h3-12,18H,13-17H2,1-2H3/t18-/m0/s1. The molecule has 0 aromatic heterocycles. The second-order valence-electron chi connectivity index (χ2n) is 7.03. The van der Waals surface area contributed by atoms with Gasteiger partial charge in [0.15, 0.2) is 0 Å². The maximum atomic E-state index is 12.7. The quantitative estimate of drug-likeness (QED) is 0.818. The number of hydrogen-bond donors (Lipinski definition) is 0. The summed E-state index contributed by atoms with van der Waals surface area (Å²) < 4.78 is 0. The molecule has 1 aliphatic rings. The van der Waals surface area contributed by atoms with E-state index < -0.39 is 0 Å². The summed E-state index contributed by atoms with van der Waals surface area (Å²) in [6.45, 7) is 5.18. The first-order valence-corrected chi connectivity index (χ1v) is 9.43. The Hall–Kier alpha value is -2.66. The monoisotopic (exact) mass is 365 g/mol. The van der Waals surface area contributed by atoms with Crippen molar-refractivity contribution in [2.75, 3.05) is 39.8 Å². The zero-order valence-electron chi connectivity index (χ0n) is 16.0. The fraction of sp³-hybridized carbons (Fsp3) is 0.364. The van der Waals surface area contributed by atoms with Gasteiger partial charge >= 0.3 is 0 Å². The highest BCUT2D eigenvalue weighted by Gasteiger charge is 2.25. The normalized spacial score (nSPS) is 16.0. The number of hydrogen-bond acceptors (Lipinski definition) is 3. The highest BCUT2D eigenvalue weighted by molar-refractivity contribution is 5.94. The fourth-order valence-electron chi connectivity index (χ4n) is 3.35. The Kier molecular flexibility index (Phi) is 6.24. The molecule has 1 atom stereocenters. The Bertz CT molecular complexity index is 756. The second-order valence-corrected chi connectivity index (χ2v) is 7.03. The lowest BCUT2D eigenvalue weighted by Crippen LogP contribution is -2.51. The zero-order valence-corrected chi connectivity index (χ0v) is 16.0. The third kappa shape index (κ3) is 4.74. The molecule has 2 aromatic rings. The average Bonchev–Trinajstić information content (AvgIpc) is 2.74. The van der Waals surface area contributed by atoms with Crippen molar-refractivity contribution in [3.05, 3.63) is 71.8 Å². The number of piperazine rings is 1. The average molecular weight is 365 g/mol. The molecule has 0 spiro atoms. The van der Waals surface area contributed by atoms with Gasteiger partial charge in [0.25, 0.3) is 5.91 Å². The minimum Gasteiger partial charge on any atom is -0.338 e. The Morgan fingerprint density at radius 1 is 0.926 bits per heavy atom. The number of amides is 2. The van der Waals surface area contributed by atoms with E-state index in [0.29, 0.717) is 19.6 Å². The van der Waals surface area contributed by atoms with Crippen molar-refractivity contribution in [1.29, 1.82) is 0 Å². The van der Waals surface area contributed by atoms with Crippen molar-refractivity contribution >= 4 is 11.8 Å². The van der Waals surface area contributed by atoms with Gasteiger partial charge in [-0.05, 0) is 24.6 Å². The molecule has 142 valence electrons. The van der Waals surface area contributed by atoms with Gasteiger partial charge in [0.05, 0.1) is 12.6 Å². The van der Waals surface area contributed by atoms with Crippen LogP contribution in [0.2, 0.25) is 0 Å². The molecule has 2 aromatic carbocycles. The van der Waals surface area contributed by atoms with Crippen LogP contribution in [0.1, 0.15) is 28.9 Å². The van der Waals surface area contributed by atoms with Crippen LogP contribution in [0.4, 0.5) is 0 Å². The van der Waals surface area contributed by atoms with Crippen molar-refractivity contribution in [3.63, 3.8) is 0 Å². The van der Waals surface area contributed by atoms with E-state index in [0.717, 1.165) is 24.2 Å². The lowest BCUT2D eigenvalue weighted by atomic mass is 10.1. The highest BCUT2D eigenvalue weighted by Crippen LogP contribution is 2.18. The van der Waals surface area contributed by atoms with Crippen LogP contribution in [0.25, 0.3) is 0 Å². The lowest BCUT2D eigenvalue weighted by molar-refractivity contribution is -0.133. The topological polar surface area (TPSA) is 43.9 Å². The molecule has 1 heterocycles. The largest absolute Gasteiger partial charge is 0.338 e. The van der Waals surface area contributed by atoms with Gasteiger partial charge in [0.1, 0.15) is 0 Å². The summed E-state index contributed by atoms with van der Waals surface area (Å²) in [7, 11) is 1.86. The Morgan fingerprint density at radius 2 is 1.48 bits per heavy atom. The number of rotatable bonds is 5. The Balaban J connectivity index is 1.50. The van der Waals surface area contributed by atoms with Gasteiger partial charge in [-0.25, -0.2) is 0 Å². The van der Waals surface area contributed by atoms with Gasteiger partial charge in [-0.3, -0.25) is 14.5 Å². The van der Waals surface area contributed by atoms with E-state index in [4.69, 9.17) is 0 Å². The SMILES string of the molecule is C[C@@H](c1ccccc1)N(C)C(=O)CN1CCN(C(=O)c2ccccc2)CC1. The lowest BCUT2D eigenvalue weighted by Gasteiger charge is -2.35. The first kappa shape index (κ1) is 19.1. The van der Waals surface area contributed by atoms with Crippen LogP contribution >= 0.6 is 0 Å². The fourth-order valence-corrected chi connectivity index (χ4v) is 3.35. The summed E-state index contributed by atoms with van der Waals surface area (Å²) in [6.07, 6.45) is 0. The van der Waals surface area contributed by atoms with Crippen LogP contribution in [0.5, 0.6) is 0 Å². The summed E-state index contributed by atoms with van der Waals surface area (Å²) >= 11 is 0. The number of likely N-dealkylation sites (N-methyl/N-ethyl adjacent to an activating group) is 1. The summed E-state index contributed by atoms with van der Waals surface area (Å²) in [5, 5.41) is 0. The van der Waals surface area contributed by atoms with Crippen LogP contribution in [-0.2, 0) is 4.79 Å². The Labute approximate surface area is 161 Å². The van der Waals surface area contributed by atoms with Crippen LogP contribution < -0.4 is 0 Å². The summed E-state index contributed by atoms with van der Waals surface area (Å²) in [5.74, 6) is 0.172. The van der Waals surface area contributed by atoms with E-state index in [2.05, 4.69) is 4.90 Å². The predicted octanol–water partition coefficient (Wildman–Crippen LogP) is 2.66. The molecule has 1 fully saturated rings. The van der Waals surface area contributed by atoms with Crippen molar-refractivity contribution in [2.45, 2.75) is 13.0 Å². The smallest absolute Gasteiger partial charge is 0.253 e. The molecule has 27 heavy (non-hydrogen) atoms. The van der Waals surface area contributed by atoms with Crippen LogP contribution in [-0.4, -0.2) is 66.3 Å². The summed E-state index contributed by atoms with van der Waals surface area (Å²) in [4.78, 5) is 31.0. The van der Waals surface area contributed by atoms with E-state index in [9.17, 15) is 9.59 Å². The molecule has 0 aliphatic carbocycles. The predicted molar refractivity (Wildman–Crippen MR) is 106 cm³/mol. The second kappa shape index (κ2) is 8.82. The number of carbonyl (C=O) groups excluding carboxylic acids is 2. The van der Waals surface area contributed by atoms with Gasteiger partial charge in [-0.1, -0.05) is 48.5 Å². The summed E-state index contributed by atoms with van der Waals surface area (Å²) in [5.41, 5.74) is 1.85. The van der Waals surface area contributed by atoms with Crippen molar-refractivity contribution in [1.82, 2.24) is 14.7 Å². The minimum atomic E-state index is 0.0413. The van der Waals surface area contributed by atoms with Gasteiger partial charge in [-0.15, -0.1) is 0 Å². The molecule has 2 amide bonds. The van der Waals surface area contributed by atoms with Gasteiger partial charge < -0.3 is 9.80 Å². The van der Waals surface area contributed by atoms with Crippen LogP contribution in [0.15, 0.2) is 60.7 Å². The maximum absolute atomic E-state index is 12.7. The van der Waals surface area contributed by atoms with Gasteiger partial charge in [0.2, 0.25) is 5.91 Å². The van der Waals surface area contributed by atoms with Crippen LogP contribution in [0, 0.1) is 0 Å². The molecule has 0 saturated carbocycles. The molecule has 0 unspecified atom stereocenters. The van der Waals surface area contributed by atoms with Gasteiger partial charge in [-0.2, -0.15) is 0 Å². The maximum Gasteiger partial charge on any atom is 0.253 e. The number of benzene rings is 2. The molecular weight excluding hydrogens is 338 g/mol. The number of nitrogens with zero attached hydrogens (tertiary/aromatic N) is 3. The van der Waals surface area contributed by atoms with Crippen molar-refractivity contribution in [3.8, 4) is 0 Å². The molecule has 0 bridgehead atoms. The van der Waals surface area contributed by atoms with Gasteiger partial charge in [0, 0.05) is 38.8 Å². The molecule has 3 rings (SSSR count). The van der Waals surface area contributed by atoms with E-state index in [1.54, 1.807) is 4.90 Å². The van der Waals surface area contributed by atoms with Crippen molar-refractivity contribution < 1.29 is 9.59 Å². The molecule has 1 aliphatic heterocycles. The third-order valence-electron chi connectivity index (χ3n) is 5.30. The van der Waals surface area contributed by atoms with Crippen LogP contribution in [0.3, 0.4) is 0 Å². The molecule has 1 saturated heterocycles. The number of carbonyl (C=O) groups is 2. The van der Waals surface area contributed by atoms with E-state index in [-0.39, 0.29) is 17.9 Å². The van der Waals surface area contributed by atoms with E-state index in [1.165, 1.54) is 0 Å². The van der Waals surface area contributed by atoms with E-state index >= 15 is 0 Å². The molecule has 5 nitrogen and oxygen atoms in total. The minimum absolute atomic E-state index is 0.0413. The third-order valence-corrected chi connectivity index (χ3v) is 5.30. The highest BCUT2D eigenvalue weighted by atomic mass is 16.2. The molecule has 0 radical (unpaired) electrons. The molecule has 5 heteroatoms. The first-order valence-electron chi connectivity index (χ1n) is 9.43. The summed E-state index contributed by atoms with van der Waals surface area (Å²) in [6, 6.07) is 19.5. The van der Waals surface area contributed by atoms with E-state index in [1.807, 2.05) is 79.5 Å². The first-order chi connectivity index (χ1) is 13.1. The Morgan fingerprint density at radius 3 is 2.07 bits per heavy atom. The molecule has 0 N–H and O–H groups in total.